The molecule has 0 spiro atoms. The van der Waals surface area contributed by atoms with Crippen LogP contribution in [0.25, 0.3) is 0 Å². The molecule has 0 unspecified atom stereocenters. The van der Waals surface area contributed by atoms with Gasteiger partial charge in [-0.1, -0.05) is 6.07 Å². The number of aliphatic hydroxyl groups excluding tert-OH is 1. The molecule has 88 valence electrons. The summed E-state index contributed by atoms with van der Waals surface area (Å²) in [5.74, 6) is 0.702. The number of hydrogen-bond donors (Lipinski definition) is 1. The molecule has 0 saturated carbocycles. The number of halogens is 1. The Kier molecular flexibility index (Phi) is 3.90. The Morgan fingerprint density at radius 1 is 1.41 bits per heavy atom. The van der Waals surface area contributed by atoms with Crippen LogP contribution in [0.15, 0.2) is 30.5 Å². The van der Waals surface area contributed by atoms with Crippen molar-refractivity contribution in [1.29, 1.82) is 0 Å². The molecule has 0 amide bonds. The zero-order chi connectivity index (χ0) is 12.3. The van der Waals surface area contributed by atoms with Crippen LogP contribution in [0.2, 0.25) is 0 Å². The molecule has 2 rings (SSSR count). The molecule has 2 aromatic rings. The Balaban J connectivity index is 2.22. The van der Waals surface area contributed by atoms with Gasteiger partial charge in [-0.15, -0.1) is 0 Å². The first-order valence-electron chi connectivity index (χ1n) is 5.06. The highest BCUT2D eigenvalue weighted by Gasteiger charge is 2.04. The zero-order valence-electron chi connectivity index (χ0n) is 9.22. The summed E-state index contributed by atoms with van der Waals surface area (Å²) in [6, 6.07) is 7.93. The third-order valence-corrected chi connectivity index (χ3v) is 2.91. The summed E-state index contributed by atoms with van der Waals surface area (Å²) in [5, 5.41) is 9.01. The van der Waals surface area contributed by atoms with Gasteiger partial charge in [0.1, 0.15) is 5.75 Å². The molecule has 0 saturated heterocycles. The predicted molar refractivity (Wildman–Crippen MR) is 71.9 cm³/mol. The number of rotatable bonds is 3. The van der Waals surface area contributed by atoms with Crippen molar-refractivity contribution in [2.45, 2.75) is 13.5 Å². The van der Waals surface area contributed by atoms with E-state index in [9.17, 15) is 0 Å². The van der Waals surface area contributed by atoms with E-state index in [1.165, 1.54) is 0 Å². The van der Waals surface area contributed by atoms with Gasteiger partial charge in [0, 0.05) is 15.3 Å². The summed E-state index contributed by atoms with van der Waals surface area (Å²) in [7, 11) is 0. The summed E-state index contributed by atoms with van der Waals surface area (Å²) in [5.41, 5.74) is 1.43. The molecule has 1 N–H and O–H groups in total. The average Bonchev–Trinajstić information content (AvgIpc) is 2.29. The van der Waals surface area contributed by atoms with Crippen molar-refractivity contribution in [2.75, 3.05) is 0 Å². The first-order valence-corrected chi connectivity index (χ1v) is 6.13. The number of nitrogens with zero attached hydrogens (tertiary/aromatic N) is 2. The van der Waals surface area contributed by atoms with Gasteiger partial charge in [-0.25, -0.2) is 4.98 Å². The van der Waals surface area contributed by atoms with Crippen LogP contribution in [0.4, 0.5) is 0 Å². The Labute approximate surface area is 113 Å². The summed E-state index contributed by atoms with van der Waals surface area (Å²) < 4.78 is 6.62. The normalized spacial score (nSPS) is 10.3. The average molecular weight is 342 g/mol. The van der Waals surface area contributed by atoms with E-state index in [1.807, 2.05) is 31.2 Å². The monoisotopic (exact) mass is 342 g/mol. The van der Waals surface area contributed by atoms with Gasteiger partial charge in [0.2, 0.25) is 0 Å². The maximum atomic E-state index is 9.01. The van der Waals surface area contributed by atoms with Gasteiger partial charge in [-0.3, -0.25) is 0 Å². The van der Waals surface area contributed by atoms with Crippen molar-refractivity contribution in [3.8, 4) is 11.8 Å². The highest BCUT2D eigenvalue weighted by Crippen LogP contribution is 2.20. The fraction of sp³-hybridized carbons (Fsp3) is 0.167. The Morgan fingerprint density at radius 3 is 2.88 bits per heavy atom. The number of aryl methyl sites for hydroxylation is 1. The van der Waals surface area contributed by atoms with Crippen LogP contribution in [0, 0.1) is 10.5 Å². The summed E-state index contributed by atoms with van der Waals surface area (Å²) in [6.45, 7) is 1.75. The van der Waals surface area contributed by atoms with Crippen LogP contribution in [0.5, 0.6) is 11.8 Å². The van der Waals surface area contributed by atoms with Crippen molar-refractivity contribution in [1.82, 2.24) is 9.97 Å². The molecule has 1 heterocycles. The van der Waals surface area contributed by atoms with Crippen LogP contribution in [0.1, 0.15) is 11.3 Å². The molecule has 5 heteroatoms. The van der Waals surface area contributed by atoms with Gasteiger partial charge < -0.3 is 9.84 Å². The fourth-order valence-corrected chi connectivity index (χ4v) is 1.83. The number of aliphatic hydroxyl groups is 1. The standard InChI is InChI=1S/C12H11IN2O2/c1-8-9(7-16)6-14-12(15-8)17-11-4-2-3-10(13)5-11/h2-6,16H,7H2,1H3. The zero-order valence-corrected chi connectivity index (χ0v) is 11.4. The smallest absolute Gasteiger partial charge is 0.322 e. The van der Waals surface area contributed by atoms with E-state index in [2.05, 4.69) is 32.6 Å². The Hall–Kier alpha value is -1.21. The molecule has 0 atom stereocenters. The predicted octanol–water partition coefficient (Wildman–Crippen LogP) is 2.67. The van der Waals surface area contributed by atoms with E-state index >= 15 is 0 Å². The molecule has 0 aliphatic heterocycles. The van der Waals surface area contributed by atoms with Gasteiger partial charge in [-0.05, 0) is 47.7 Å². The molecule has 1 aromatic heterocycles. The number of benzene rings is 1. The van der Waals surface area contributed by atoms with Crippen molar-refractivity contribution in [3.05, 3.63) is 45.3 Å². The van der Waals surface area contributed by atoms with Crippen LogP contribution >= 0.6 is 22.6 Å². The van der Waals surface area contributed by atoms with Gasteiger partial charge in [0.15, 0.2) is 0 Å². The summed E-state index contributed by atoms with van der Waals surface area (Å²) in [4.78, 5) is 8.21. The molecular formula is C12H11IN2O2. The second kappa shape index (κ2) is 5.42. The molecular weight excluding hydrogens is 331 g/mol. The lowest BCUT2D eigenvalue weighted by molar-refractivity contribution is 0.279. The SMILES string of the molecule is Cc1nc(Oc2cccc(I)c2)ncc1CO. The van der Waals surface area contributed by atoms with E-state index in [4.69, 9.17) is 9.84 Å². The number of hydrogen-bond acceptors (Lipinski definition) is 4. The number of aromatic nitrogens is 2. The van der Waals surface area contributed by atoms with Gasteiger partial charge in [-0.2, -0.15) is 4.98 Å². The maximum absolute atomic E-state index is 9.01. The third-order valence-electron chi connectivity index (χ3n) is 2.23. The second-order valence-electron chi connectivity index (χ2n) is 3.48. The molecule has 1 aromatic carbocycles. The first-order chi connectivity index (χ1) is 8.19. The van der Waals surface area contributed by atoms with Crippen LogP contribution in [-0.4, -0.2) is 15.1 Å². The molecule has 0 radical (unpaired) electrons. The molecule has 17 heavy (non-hydrogen) atoms. The maximum Gasteiger partial charge on any atom is 0.322 e. The molecule has 0 bridgehead atoms. The van der Waals surface area contributed by atoms with E-state index in [1.54, 1.807) is 6.20 Å². The minimum absolute atomic E-state index is 0.0602. The van der Waals surface area contributed by atoms with Crippen LogP contribution in [-0.2, 0) is 6.61 Å². The lowest BCUT2D eigenvalue weighted by Crippen LogP contribution is -1.98. The van der Waals surface area contributed by atoms with Crippen molar-refractivity contribution < 1.29 is 9.84 Å². The molecule has 0 aliphatic carbocycles. The van der Waals surface area contributed by atoms with E-state index in [-0.39, 0.29) is 6.61 Å². The summed E-state index contributed by atoms with van der Waals surface area (Å²) in [6.07, 6.45) is 1.57. The first kappa shape index (κ1) is 12.3. The van der Waals surface area contributed by atoms with Crippen LogP contribution < -0.4 is 4.74 Å². The minimum Gasteiger partial charge on any atom is -0.424 e. The highest BCUT2D eigenvalue weighted by molar-refractivity contribution is 14.1. The van der Waals surface area contributed by atoms with Gasteiger partial charge >= 0.3 is 6.01 Å². The van der Waals surface area contributed by atoms with E-state index in [0.717, 1.165) is 9.26 Å². The molecule has 0 aliphatic rings. The quantitative estimate of drug-likeness (QED) is 0.872. The second-order valence-corrected chi connectivity index (χ2v) is 4.73. The van der Waals surface area contributed by atoms with Gasteiger partial charge in [0.05, 0.1) is 12.3 Å². The van der Waals surface area contributed by atoms with Gasteiger partial charge in [0.25, 0.3) is 0 Å². The Bertz CT molecular complexity index is 532. The van der Waals surface area contributed by atoms with Crippen molar-refractivity contribution in [3.63, 3.8) is 0 Å². The summed E-state index contributed by atoms with van der Waals surface area (Å²) >= 11 is 2.21. The minimum atomic E-state index is -0.0602. The van der Waals surface area contributed by atoms with Crippen molar-refractivity contribution >= 4 is 22.6 Å². The highest BCUT2D eigenvalue weighted by atomic mass is 127. The lowest BCUT2D eigenvalue weighted by Gasteiger charge is -2.06. The molecule has 0 fully saturated rings. The Morgan fingerprint density at radius 2 is 2.24 bits per heavy atom. The van der Waals surface area contributed by atoms with Crippen LogP contribution in [0.3, 0.4) is 0 Å². The third kappa shape index (κ3) is 3.13. The largest absolute Gasteiger partial charge is 0.424 e. The molecule has 4 nitrogen and oxygen atoms in total. The fourth-order valence-electron chi connectivity index (χ4n) is 1.31. The topological polar surface area (TPSA) is 55.2 Å². The van der Waals surface area contributed by atoms with E-state index < -0.39 is 0 Å². The van der Waals surface area contributed by atoms with Crippen molar-refractivity contribution in [2.24, 2.45) is 0 Å². The number of ether oxygens (including phenoxy) is 1. The lowest BCUT2D eigenvalue weighted by atomic mass is 10.3. The van der Waals surface area contributed by atoms with E-state index in [0.29, 0.717) is 17.3 Å².